The van der Waals surface area contributed by atoms with Crippen molar-refractivity contribution in [3.05, 3.63) is 55.0 Å². The van der Waals surface area contributed by atoms with Crippen molar-refractivity contribution in [3.8, 4) is 0 Å². The largest absolute Gasteiger partial charge is 0.369 e. The molecule has 0 atom stereocenters. The van der Waals surface area contributed by atoms with Gasteiger partial charge in [-0.15, -0.1) is 0 Å². The minimum absolute atomic E-state index is 0.674. The molecule has 6 heteroatoms. The summed E-state index contributed by atoms with van der Waals surface area (Å²) in [4.78, 5) is 14.1. The average molecular weight is 485 g/mol. The highest BCUT2D eigenvalue weighted by Crippen LogP contribution is 2.28. The van der Waals surface area contributed by atoms with Gasteiger partial charge in [-0.3, -0.25) is 0 Å². The van der Waals surface area contributed by atoms with Gasteiger partial charge in [-0.05, 0) is 66.5 Å². The van der Waals surface area contributed by atoms with Gasteiger partial charge in [0.2, 0.25) is 0 Å². The molecular formula is C30H40N6. The quantitative estimate of drug-likeness (QED) is 0.297. The van der Waals surface area contributed by atoms with Crippen LogP contribution in [0.2, 0.25) is 0 Å². The molecule has 1 N–H and O–H groups in total. The molecule has 1 aliphatic heterocycles. The van der Waals surface area contributed by atoms with E-state index in [2.05, 4.69) is 106 Å². The van der Waals surface area contributed by atoms with Crippen molar-refractivity contribution in [2.75, 3.05) is 47.8 Å². The molecular weight excluding hydrogens is 444 g/mol. The summed E-state index contributed by atoms with van der Waals surface area (Å²) in [6, 6.07) is 15.8. The third-order valence-corrected chi connectivity index (χ3v) is 7.35. The number of nitrogens with zero attached hydrogens (tertiary/aromatic N) is 5. The van der Waals surface area contributed by atoms with E-state index in [1.807, 2.05) is 0 Å². The number of fused-ring (bicyclic) bond motifs is 2. The van der Waals surface area contributed by atoms with Crippen LogP contribution in [-0.4, -0.2) is 47.3 Å². The third kappa shape index (κ3) is 5.43. The lowest BCUT2D eigenvalue weighted by atomic mass is 10.1. The smallest absolute Gasteiger partial charge is 0.137 e. The van der Waals surface area contributed by atoms with Crippen LogP contribution in [0.3, 0.4) is 0 Å². The molecule has 3 heterocycles. The van der Waals surface area contributed by atoms with Crippen molar-refractivity contribution in [2.24, 2.45) is 11.8 Å². The van der Waals surface area contributed by atoms with E-state index in [0.717, 1.165) is 62.4 Å². The Morgan fingerprint density at radius 3 is 2.22 bits per heavy atom. The summed E-state index contributed by atoms with van der Waals surface area (Å²) >= 11 is 0. The van der Waals surface area contributed by atoms with E-state index in [9.17, 15) is 0 Å². The Hall–Kier alpha value is -3.28. The fraction of sp³-hybridized carbons (Fsp3) is 0.467. The molecule has 0 amide bonds. The molecule has 1 saturated heterocycles. The van der Waals surface area contributed by atoms with E-state index < -0.39 is 0 Å². The number of aryl methyl sites for hydroxylation is 1. The Kier molecular flexibility index (Phi) is 7.30. The van der Waals surface area contributed by atoms with Crippen LogP contribution in [0.1, 0.15) is 40.5 Å². The van der Waals surface area contributed by atoms with Crippen LogP contribution < -0.4 is 15.1 Å². The lowest BCUT2D eigenvalue weighted by molar-refractivity contribution is 0.524. The van der Waals surface area contributed by atoms with E-state index in [4.69, 9.17) is 0 Å². The summed E-state index contributed by atoms with van der Waals surface area (Å²) in [7, 11) is 0. The number of hydrogen-bond acceptors (Lipinski definition) is 5. The monoisotopic (exact) mass is 484 g/mol. The molecule has 4 aromatic rings. The molecule has 6 nitrogen and oxygen atoms in total. The van der Waals surface area contributed by atoms with Gasteiger partial charge in [0, 0.05) is 62.2 Å². The zero-order valence-corrected chi connectivity index (χ0v) is 22.2. The van der Waals surface area contributed by atoms with Gasteiger partial charge >= 0.3 is 0 Å². The van der Waals surface area contributed by atoms with Gasteiger partial charge in [0.05, 0.1) is 11.0 Å². The van der Waals surface area contributed by atoms with Crippen LogP contribution in [0.25, 0.3) is 21.8 Å². The van der Waals surface area contributed by atoms with E-state index in [0.29, 0.717) is 11.8 Å². The van der Waals surface area contributed by atoms with Crippen LogP contribution in [0, 0.1) is 11.8 Å². The number of aromatic nitrogens is 3. The van der Waals surface area contributed by atoms with Gasteiger partial charge in [0.1, 0.15) is 12.1 Å². The minimum atomic E-state index is 0.674. The SMILES string of the molecule is CC(C)CCNc1ncnc2cc(N3CCN(c4ccc5ccn(CCC(C)C)c5c4)CC3)ccc12. The maximum absolute atomic E-state index is 4.57. The second-order valence-corrected chi connectivity index (χ2v) is 10.9. The molecule has 2 aromatic carbocycles. The standard InChI is InChI=1S/C30H40N6/c1-22(2)9-12-31-30-27-8-7-25(19-28(27)32-21-33-30)34-15-17-35(18-16-34)26-6-5-24-11-14-36(29(24)20-26)13-10-23(3)4/h5-8,11,14,19-23H,9-10,12-13,15-18H2,1-4H3,(H,31,32,33). The molecule has 190 valence electrons. The first-order chi connectivity index (χ1) is 17.5. The predicted octanol–water partition coefficient (Wildman–Crippen LogP) is 6.42. The molecule has 36 heavy (non-hydrogen) atoms. The molecule has 5 rings (SSSR count). The summed E-state index contributed by atoms with van der Waals surface area (Å²) in [5.41, 5.74) is 4.93. The van der Waals surface area contributed by atoms with Gasteiger partial charge in [-0.1, -0.05) is 33.8 Å². The van der Waals surface area contributed by atoms with Crippen LogP contribution in [0.5, 0.6) is 0 Å². The summed E-state index contributed by atoms with van der Waals surface area (Å²) in [6.45, 7) is 15.1. The number of benzene rings is 2. The number of hydrogen-bond donors (Lipinski definition) is 1. The molecule has 1 aliphatic rings. The van der Waals surface area contributed by atoms with Crippen molar-refractivity contribution in [1.82, 2.24) is 14.5 Å². The third-order valence-electron chi connectivity index (χ3n) is 7.35. The first kappa shape index (κ1) is 24.4. The fourth-order valence-corrected chi connectivity index (χ4v) is 5.05. The lowest BCUT2D eigenvalue weighted by Crippen LogP contribution is -2.46. The topological polar surface area (TPSA) is 49.2 Å². The van der Waals surface area contributed by atoms with Gasteiger partial charge in [-0.2, -0.15) is 0 Å². The van der Waals surface area contributed by atoms with Gasteiger partial charge in [0.25, 0.3) is 0 Å². The van der Waals surface area contributed by atoms with Crippen molar-refractivity contribution in [3.63, 3.8) is 0 Å². The predicted molar refractivity (Wildman–Crippen MR) is 153 cm³/mol. The lowest BCUT2D eigenvalue weighted by Gasteiger charge is -2.37. The highest BCUT2D eigenvalue weighted by atomic mass is 15.3. The first-order valence-corrected chi connectivity index (χ1v) is 13.6. The Balaban J connectivity index is 1.26. The second-order valence-electron chi connectivity index (χ2n) is 10.9. The van der Waals surface area contributed by atoms with Crippen LogP contribution in [0.15, 0.2) is 55.0 Å². The molecule has 2 aromatic heterocycles. The summed E-state index contributed by atoms with van der Waals surface area (Å²) in [5, 5.41) is 5.92. The number of piperazine rings is 1. The zero-order chi connectivity index (χ0) is 25.1. The second kappa shape index (κ2) is 10.8. The highest BCUT2D eigenvalue weighted by Gasteiger charge is 2.19. The molecule has 1 fully saturated rings. The van der Waals surface area contributed by atoms with Gasteiger partial charge < -0.3 is 19.7 Å². The van der Waals surface area contributed by atoms with Crippen LogP contribution in [0.4, 0.5) is 17.2 Å². The molecule has 0 saturated carbocycles. The highest BCUT2D eigenvalue weighted by molar-refractivity contribution is 5.91. The Bertz CT molecular complexity index is 1300. The Morgan fingerprint density at radius 2 is 1.50 bits per heavy atom. The zero-order valence-electron chi connectivity index (χ0n) is 22.2. The minimum Gasteiger partial charge on any atom is -0.369 e. The van der Waals surface area contributed by atoms with Crippen LogP contribution >= 0.6 is 0 Å². The summed E-state index contributed by atoms with van der Waals surface area (Å²) in [6.07, 6.45) is 6.25. The first-order valence-electron chi connectivity index (χ1n) is 13.6. The number of nitrogens with one attached hydrogen (secondary N) is 1. The van der Waals surface area contributed by atoms with Gasteiger partial charge in [0.15, 0.2) is 0 Å². The molecule has 0 spiro atoms. The Labute approximate surface area is 215 Å². The molecule has 0 radical (unpaired) electrons. The van der Waals surface area contributed by atoms with Crippen molar-refractivity contribution in [1.29, 1.82) is 0 Å². The molecule has 0 unspecified atom stereocenters. The van der Waals surface area contributed by atoms with Gasteiger partial charge in [-0.25, -0.2) is 9.97 Å². The van der Waals surface area contributed by atoms with Crippen molar-refractivity contribution < 1.29 is 0 Å². The number of anilines is 3. The summed E-state index contributed by atoms with van der Waals surface area (Å²) < 4.78 is 2.41. The van der Waals surface area contributed by atoms with E-state index in [1.54, 1.807) is 6.33 Å². The van der Waals surface area contributed by atoms with Crippen LogP contribution in [-0.2, 0) is 6.54 Å². The van der Waals surface area contributed by atoms with E-state index in [-0.39, 0.29) is 0 Å². The maximum Gasteiger partial charge on any atom is 0.137 e. The number of rotatable bonds is 9. The molecule has 0 aliphatic carbocycles. The average Bonchev–Trinajstić information content (AvgIpc) is 3.29. The fourth-order valence-electron chi connectivity index (χ4n) is 5.05. The van der Waals surface area contributed by atoms with E-state index >= 15 is 0 Å². The van der Waals surface area contributed by atoms with E-state index in [1.165, 1.54) is 28.7 Å². The molecule has 0 bridgehead atoms. The van der Waals surface area contributed by atoms with Crippen molar-refractivity contribution in [2.45, 2.75) is 47.1 Å². The normalized spacial score (nSPS) is 14.5. The summed E-state index contributed by atoms with van der Waals surface area (Å²) in [5.74, 6) is 2.33. The maximum atomic E-state index is 4.57. The van der Waals surface area contributed by atoms with Crippen molar-refractivity contribution >= 4 is 39.0 Å². The Morgan fingerprint density at radius 1 is 0.806 bits per heavy atom.